The van der Waals surface area contributed by atoms with Gasteiger partial charge in [0.15, 0.2) is 0 Å². The smallest absolute Gasteiger partial charge is 0.223 e. The van der Waals surface area contributed by atoms with Crippen molar-refractivity contribution in [1.82, 2.24) is 41.3 Å². The maximum absolute atomic E-state index is 12.1. The molecule has 6 rings (SSSR count). The zero-order valence-electron chi connectivity index (χ0n) is 50.8. The first kappa shape index (κ1) is 71.2. The highest BCUT2D eigenvalue weighted by Gasteiger charge is 2.39. The van der Waals surface area contributed by atoms with E-state index in [1.165, 1.54) is 116 Å². The Hall–Kier alpha value is -2.81. The van der Waals surface area contributed by atoms with Crippen LogP contribution in [-0.2, 0) is 28.7 Å². The number of hydrogen-bond donors (Lipinski definition) is 5. The number of carbonyl (C=O) groups excluding carboxylic acids is 5. The second-order valence-corrected chi connectivity index (χ2v) is 21.9. The Kier molecular flexibility index (Phi) is 39.7. The lowest BCUT2D eigenvalue weighted by Gasteiger charge is -2.42. The van der Waals surface area contributed by atoms with Gasteiger partial charge in [0, 0.05) is 99.2 Å². The molecule has 4 saturated heterocycles. The summed E-state index contributed by atoms with van der Waals surface area (Å²) in [4.78, 5) is 63.9. The highest BCUT2D eigenvalue weighted by atomic mass is 16.5. The first-order valence-electron chi connectivity index (χ1n) is 30.5. The maximum atomic E-state index is 12.1. The molecule has 0 atom stereocenters. The first-order valence-corrected chi connectivity index (χ1v) is 30.5. The van der Waals surface area contributed by atoms with Crippen LogP contribution < -0.4 is 26.6 Å². The number of nitrogens with one attached hydrogen (secondary N) is 5. The summed E-state index contributed by atoms with van der Waals surface area (Å²) in [6.45, 7) is 33.3. The van der Waals surface area contributed by atoms with Gasteiger partial charge in [0.25, 0.3) is 0 Å². The number of amides is 5. The topological polar surface area (TPSA) is 164 Å². The van der Waals surface area contributed by atoms with Crippen molar-refractivity contribution >= 4 is 29.5 Å². The van der Waals surface area contributed by atoms with Gasteiger partial charge in [-0.05, 0) is 157 Å². The molecule has 5 N–H and O–H groups in total. The van der Waals surface area contributed by atoms with Gasteiger partial charge in [-0.3, -0.25) is 24.0 Å². The summed E-state index contributed by atoms with van der Waals surface area (Å²) >= 11 is 0. The molecule has 14 heteroatoms. The number of ether oxygens (including phenoxy) is 1. The third-order valence-electron chi connectivity index (χ3n) is 17.6. The zero-order valence-corrected chi connectivity index (χ0v) is 50.8. The molecule has 14 nitrogen and oxygen atoms in total. The molecule has 5 amide bonds. The van der Waals surface area contributed by atoms with Crippen molar-refractivity contribution in [1.29, 1.82) is 0 Å². The van der Waals surface area contributed by atoms with Crippen LogP contribution >= 0.6 is 0 Å². The van der Waals surface area contributed by atoms with Crippen molar-refractivity contribution in [2.75, 3.05) is 107 Å². The average molecular weight is 1050 g/mol. The Morgan fingerprint density at radius 1 is 0.486 bits per heavy atom. The molecule has 0 aromatic rings. The fourth-order valence-electron chi connectivity index (χ4n) is 11.6. The molecule has 436 valence electrons. The van der Waals surface area contributed by atoms with E-state index in [9.17, 15) is 24.0 Å². The molecular weight excluding hydrogens is 929 g/mol. The van der Waals surface area contributed by atoms with Crippen LogP contribution in [0, 0.1) is 27.6 Å². The summed E-state index contributed by atoms with van der Waals surface area (Å²) in [5.41, 5.74) is 2.28. The van der Waals surface area contributed by atoms with Gasteiger partial charge < -0.3 is 46.0 Å². The summed E-state index contributed by atoms with van der Waals surface area (Å²) in [5.74, 6) is 0.699. The number of hydrogen-bond acceptors (Lipinski definition) is 9. The van der Waals surface area contributed by atoms with E-state index in [1.807, 2.05) is 41.5 Å². The minimum atomic E-state index is -0.0323. The molecule has 0 aromatic heterocycles. The van der Waals surface area contributed by atoms with Crippen LogP contribution in [-0.4, -0.2) is 151 Å². The highest BCUT2D eigenvalue weighted by molar-refractivity contribution is 5.80. The van der Waals surface area contributed by atoms with E-state index in [2.05, 4.69) is 69.0 Å². The van der Waals surface area contributed by atoms with Crippen LogP contribution in [0.3, 0.4) is 0 Å². The molecule has 2 saturated carbocycles. The molecule has 0 radical (unpaired) electrons. The Balaban J connectivity index is 0.000000932. The van der Waals surface area contributed by atoms with Gasteiger partial charge in [-0.1, -0.05) is 101 Å². The van der Waals surface area contributed by atoms with Crippen molar-refractivity contribution in [3.8, 4) is 0 Å². The molecular formula is C60H120N8O6. The Bertz CT molecular complexity index is 1450. The van der Waals surface area contributed by atoms with Gasteiger partial charge in [0.2, 0.25) is 29.5 Å². The Morgan fingerprint density at radius 3 is 1.24 bits per heavy atom. The first-order chi connectivity index (χ1) is 35.6. The second kappa shape index (κ2) is 41.3. The SMILES string of the molecule is CC.CC.CC.CCC1(C)CCN(CCC(=O)NC)CC1.CCCC1(CC)CCN(CCC(=O)NC)CC1.CNC(=O)CCN1CCC2(CCCC2)CC1.CNC(=O)CCNC(=O)C1CCC2(CCOCC2)CC1. The predicted molar refractivity (Wildman–Crippen MR) is 310 cm³/mol. The molecule has 2 aliphatic carbocycles. The second-order valence-electron chi connectivity index (χ2n) is 21.9. The Labute approximate surface area is 455 Å². The van der Waals surface area contributed by atoms with Crippen LogP contribution in [0.4, 0.5) is 0 Å². The van der Waals surface area contributed by atoms with Gasteiger partial charge in [0.1, 0.15) is 0 Å². The largest absolute Gasteiger partial charge is 0.381 e. The van der Waals surface area contributed by atoms with Gasteiger partial charge >= 0.3 is 0 Å². The van der Waals surface area contributed by atoms with Crippen LogP contribution in [0.25, 0.3) is 0 Å². The van der Waals surface area contributed by atoms with Gasteiger partial charge in [-0.2, -0.15) is 0 Å². The van der Waals surface area contributed by atoms with Crippen molar-refractivity contribution in [3.05, 3.63) is 0 Å². The molecule has 4 heterocycles. The van der Waals surface area contributed by atoms with E-state index in [0.29, 0.717) is 53.9 Å². The number of piperidine rings is 3. The van der Waals surface area contributed by atoms with Gasteiger partial charge in [0.05, 0.1) is 0 Å². The molecule has 2 spiro atoms. The molecule has 0 bridgehead atoms. The third kappa shape index (κ3) is 28.0. The predicted octanol–water partition coefficient (Wildman–Crippen LogP) is 10.1. The van der Waals surface area contributed by atoms with Crippen molar-refractivity contribution in [3.63, 3.8) is 0 Å². The monoisotopic (exact) mass is 1050 g/mol. The van der Waals surface area contributed by atoms with E-state index in [0.717, 1.165) is 84.5 Å². The Morgan fingerprint density at radius 2 is 0.865 bits per heavy atom. The third-order valence-corrected chi connectivity index (χ3v) is 17.6. The molecule has 4 aliphatic heterocycles. The normalized spacial score (nSPS) is 20.6. The zero-order chi connectivity index (χ0) is 55.9. The minimum Gasteiger partial charge on any atom is -0.381 e. The van der Waals surface area contributed by atoms with Crippen LogP contribution in [0.5, 0.6) is 0 Å². The fourth-order valence-corrected chi connectivity index (χ4v) is 11.6. The summed E-state index contributed by atoms with van der Waals surface area (Å²) in [6.07, 6.45) is 27.8. The summed E-state index contributed by atoms with van der Waals surface area (Å²) in [7, 11) is 6.74. The van der Waals surface area contributed by atoms with Crippen LogP contribution in [0.1, 0.15) is 223 Å². The lowest BCUT2D eigenvalue weighted by atomic mass is 9.66. The maximum Gasteiger partial charge on any atom is 0.223 e. The summed E-state index contributed by atoms with van der Waals surface area (Å²) < 4.78 is 5.44. The molecule has 0 unspecified atom stereocenters. The van der Waals surface area contributed by atoms with E-state index in [1.54, 1.807) is 28.2 Å². The number of nitrogens with zero attached hydrogens (tertiary/aromatic N) is 3. The van der Waals surface area contributed by atoms with Crippen molar-refractivity contribution < 1.29 is 28.7 Å². The quantitative estimate of drug-likeness (QED) is 0.0954. The van der Waals surface area contributed by atoms with Crippen LogP contribution in [0.15, 0.2) is 0 Å². The lowest BCUT2D eigenvalue weighted by Crippen LogP contribution is -2.41. The average Bonchev–Trinajstić information content (AvgIpc) is 3.92. The number of carbonyl (C=O) groups is 5. The summed E-state index contributed by atoms with van der Waals surface area (Å²) in [5, 5.41) is 13.5. The van der Waals surface area contributed by atoms with E-state index < -0.39 is 0 Å². The van der Waals surface area contributed by atoms with E-state index >= 15 is 0 Å². The van der Waals surface area contributed by atoms with Crippen LogP contribution in [0.2, 0.25) is 0 Å². The number of likely N-dealkylation sites (tertiary alicyclic amines) is 3. The fraction of sp³-hybridized carbons (Fsp3) is 0.917. The standard InChI is InChI=1S/C15H26N2O3.C14H28N2O.C13H24N2O.C12H24N2O.3C2H6/c1-16-13(18)4-9-17-14(19)12-2-5-15(6-3-12)7-10-20-11-8-15;1-4-7-14(5-2)8-11-16(12-9-14)10-6-13(17)15-3;1-14-12(16)4-9-15-10-7-13(8-11-15)5-2-3-6-13;1-4-12(2)6-9-14(10-7-12)8-5-11(15)13-3;3*1-2/h12H,2-11H2,1H3,(H,16,18)(H,17,19);4-12H2,1-3H3,(H,15,17);2-11H2,1H3,(H,14,16);4-10H2,1-3H3,(H,13,15);3*1-2H3. The minimum absolute atomic E-state index is 0.0323. The van der Waals surface area contributed by atoms with Crippen molar-refractivity contribution in [2.45, 2.75) is 223 Å². The van der Waals surface area contributed by atoms with E-state index in [-0.39, 0.29) is 35.5 Å². The molecule has 0 aromatic carbocycles. The molecule has 6 fully saturated rings. The molecule has 6 aliphatic rings. The van der Waals surface area contributed by atoms with Gasteiger partial charge in [-0.25, -0.2) is 0 Å². The molecule has 74 heavy (non-hydrogen) atoms. The van der Waals surface area contributed by atoms with E-state index in [4.69, 9.17) is 4.74 Å². The van der Waals surface area contributed by atoms with Gasteiger partial charge in [-0.15, -0.1) is 0 Å². The highest BCUT2D eigenvalue weighted by Crippen LogP contribution is 2.47. The lowest BCUT2D eigenvalue weighted by molar-refractivity contribution is -0.128. The summed E-state index contributed by atoms with van der Waals surface area (Å²) in [6, 6.07) is 0. The van der Waals surface area contributed by atoms with Crippen molar-refractivity contribution in [2.24, 2.45) is 27.6 Å². The number of rotatable bonds is 17.